The van der Waals surface area contributed by atoms with Crippen LogP contribution in [-0.2, 0) is 4.79 Å². The Labute approximate surface area is 128 Å². The summed E-state index contributed by atoms with van der Waals surface area (Å²) in [5.41, 5.74) is 0.881. The quantitative estimate of drug-likeness (QED) is 0.807. The molecule has 0 saturated carbocycles. The van der Waals surface area contributed by atoms with Gasteiger partial charge in [-0.25, -0.2) is 0 Å². The summed E-state index contributed by atoms with van der Waals surface area (Å²) >= 11 is 7.35. The zero-order valence-electron chi connectivity index (χ0n) is 11.9. The maximum Gasteiger partial charge on any atom is 0.303 e. The summed E-state index contributed by atoms with van der Waals surface area (Å²) in [7, 11) is 0. The average Bonchev–Trinajstić information content (AvgIpc) is 2.65. The molecule has 0 aliphatic rings. The third kappa shape index (κ3) is 5.13. The Morgan fingerprint density at radius 2 is 2.10 bits per heavy atom. The van der Waals surface area contributed by atoms with E-state index in [-0.39, 0.29) is 18.2 Å². The molecular weight excluding hydrogens is 298 g/mol. The lowest BCUT2D eigenvalue weighted by Crippen LogP contribution is -2.30. The summed E-state index contributed by atoms with van der Waals surface area (Å²) in [6.07, 6.45) is 0.833. The predicted octanol–water partition coefficient (Wildman–Crippen LogP) is 3.58. The number of hydrogen-bond acceptors (Lipinski definition) is 3. The fourth-order valence-corrected chi connectivity index (χ4v) is 3.25. The molecule has 0 radical (unpaired) electrons. The van der Waals surface area contributed by atoms with E-state index in [0.717, 1.165) is 12.0 Å². The molecule has 0 aliphatic heterocycles. The first-order chi connectivity index (χ1) is 9.31. The fraction of sp³-hybridized carbons (Fsp3) is 0.571. The van der Waals surface area contributed by atoms with Crippen molar-refractivity contribution in [1.82, 2.24) is 5.32 Å². The van der Waals surface area contributed by atoms with Gasteiger partial charge >= 0.3 is 5.97 Å². The number of thiophene rings is 1. The van der Waals surface area contributed by atoms with Crippen LogP contribution in [0.4, 0.5) is 0 Å². The van der Waals surface area contributed by atoms with Crippen LogP contribution in [0.5, 0.6) is 0 Å². The minimum atomic E-state index is -0.838. The molecule has 1 heterocycles. The standard InChI is InChI=1S/C14H20ClNO3S/c1-8(2)4-10(5-11(17)18)6-16-14(19)13-12(15)9(3)7-20-13/h7-8,10H,4-6H2,1-3H3,(H,16,19)(H,17,18). The van der Waals surface area contributed by atoms with Crippen LogP contribution in [0.3, 0.4) is 0 Å². The van der Waals surface area contributed by atoms with Gasteiger partial charge in [0.05, 0.1) is 5.02 Å². The van der Waals surface area contributed by atoms with Crippen molar-refractivity contribution >= 4 is 34.8 Å². The van der Waals surface area contributed by atoms with Gasteiger partial charge in [0, 0.05) is 13.0 Å². The second kappa shape index (κ2) is 7.64. The van der Waals surface area contributed by atoms with Crippen LogP contribution in [0.2, 0.25) is 5.02 Å². The highest BCUT2D eigenvalue weighted by atomic mass is 35.5. The topological polar surface area (TPSA) is 66.4 Å². The summed E-state index contributed by atoms with van der Waals surface area (Å²) in [6, 6.07) is 0. The molecule has 0 spiro atoms. The first-order valence-corrected chi connectivity index (χ1v) is 7.80. The number of hydrogen-bond donors (Lipinski definition) is 2. The van der Waals surface area contributed by atoms with Crippen molar-refractivity contribution in [2.45, 2.75) is 33.6 Å². The van der Waals surface area contributed by atoms with Crippen LogP contribution in [0, 0.1) is 18.8 Å². The van der Waals surface area contributed by atoms with E-state index in [2.05, 4.69) is 5.32 Å². The molecule has 4 nitrogen and oxygen atoms in total. The lowest BCUT2D eigenvalue weighted by atomic mass is 9.94. The Balaban J connectivity index is 2.60. The maximum absolute atomic E-state index is 12.0. The van der Waals surface area contributed by atoms with Gasteiger partial charge < -0.3 is 10.4 Å². The van der Waals surface area contributed by atoms with Gasteiger partial charge in [0.1, 0.15) is 4.88 Å². The van der Waals surface area contributed by atoms with Crippen molar-refractivity contribution in [3.63, 3.8) is 0 Å². The molecule has 0 bridgehead atoms. The third-order valence-electron chi connectivity index (χ3n) is 2.92. The van der Waals surface area contributed by atoms with E-state index < -0.39 is 5.97 Å². The number of carboxylic acid groups (broad SMARTS) is 1. The number of aliphatic carboxylic acids is 1. The highest BCUT2D eigenvalue weighted by Crippen LogP contribution is 2.27. The van der Waals surface area contributed by atoms with E-state index in [1.807, 2.05) is 26.2 Å². The highest BCUT2D eigenvalue weighted by molar-refractivity contribution is 7.13. The monoisotopic (exact) mass is 317 g/mol. The van der Waals surface area contributed by atoms with Gasteiger partial charge in [0.25, 0.3) is 5.91 Å². The molecular formula is C14H20ClNO3S. The SMILES string of the molecule is Cc1csc(C(=O)NCC(CC(=O)O)CC(C)C)c1Cl. The number of nitrogens with one attached hydrogen (secondary N) is 1. The largest absolute Gasteiger partial charge is 0.481 e. The normalized spacial score (nSPS) is 12.4. The molecule has 0 fully saturated rings. The first-order valence-electron chi connectivity index (χ1n) is 6.54. The van der Waals surface area contributed by atoms with Crippen molar-refractivity contribution < 1.29 is 14.7 Å². The summed E-state index contributed by atoms with van der Waals surface area (Å²) in [4.78, 5) is 23.3. The van der Waals surface area contributed by atoms with E-state index in [9.17, 15) is 9.59 Å². The summed E-state index contributed by atoms with van der Waals surface area (Å²) < 4.78 is 0. The van der Waals surface area contributed by atoms with Gasteiger partial charge in [-0.3, -0.25) is 9.59 Å². The first kappa shape index (κ1) is 17.0. The zero-order valence-corrected chi connectivity index (χ0v) is 13.5. The minimum absolute atomic E-state index is 0.0590. The Hall–Kier alpha value is -1.07. The summed E-state index contributed by atoms with van der Waals surface area (Å²) in [5, 5.41) is 14.0. The maximum atomic E-state index is 12.0. The fourth-order valence-electron chi connectivity index (χ4n) is 2.05. The Kier molecular flexibility index (Phi) is 6.49. The number of halogens is 1. The Morgan fingerprint density at radius 1 is 1.45 bits per heavy atom. The molecule has 2 N–H and O–H groups in total. The summed E-state index contributed by atoms with van der Waals surface area (Å²) in [5.74, 6) is -0.734. The number of carbonyl (C=O) groups is 2. The molecule has 0 saturated heterocycles. The van der Waals surface area contributed by atoms with E-state index in [1.54, 1.807) is 0 Å². The smallest absolute Gasteiger partial charge is 0.303 e. The molecule has 1 unspecified atom stereocenters. The van der Waals surface area contributed by atoms with Gasteiger partial charge in [-0.15, -0.1) is 11.3 Å². The number of carboxylic acids is 1. The van der Waals surface area contributed by atoms with Crippen LogP contribution in [0.15, 0.2) is 5.38 Å². The highest BCUT2D eigenvalue weighted by Gasteiger charge is 2.19. The van der Waals surface area contributed by atoms with Crippen LogP contribution < -0.4 is 5.32 Å². The van der Waals surface area contributed by atoms with E-state index >= 15 is 0 Å². The molecule has 1 rings (SSSR count). The van der Waals surface area contributed by atoms with E-state index in [1.165, 1.54) is 11.3 Å². The average molecular weight is 318 g/mol. The number of carbonyl (C=O) groups excluding carboxylic acids is 1. The van der Waals surface area contributed by atoms with Crippen LogP contribution in [-0.4, -0.2) is 23.5 Å². The molecule has 1 amide bonds. The number of rotatable bonds is 7. The van der Waals surface area contributed by atoms with Crippen LogP contribution in [0.1, 0.15) is 41.9 Å². The Morgan fingerprint density at radius 3 is 2.55 bits per heavy atom. The molecule has 20 heavy (non-hydrogen) atoms. The molecule has 6 heteroatoms. The zero-order chi connectivity index (χ0) is 15.3. The number of amides is 1. The molecule has 0 aliphatic carbocycles. The second-order valence-electron chi connectivity index (χ2n) is 5.37. The Bertz CT molecular complexity index is 485. The molecule has 112 valence electrons. The lowest BCUT2D eigenvalue weighted by molar-refractivity contribution is -0.138. The van der Waals surface area contributed by atoms with Crippen molar-refractivity contribution in [2.75, 3.05) is 6.54 Å². The molecule has 1 aromatic heterocycles. The van der Waals surface area contributed by atoms with E-state index in [4.69, 9.17) is 16.7 Å². The molecule has 1 atom stereocenters. The van der Waals surface area contributed by atoms with Crippen molar-refractivity contribution in [2.24, 2.45) is 11.8 Å². The van der Waals surface area contributed by atoms with Crippen LogP contribution in [0.25, 0.3) is 0 Å². The van der Waals surface area contributed by atoms with E-state index in [0.29, 0.717) is 22.4 Å². The minimum Gasteiger partial charge on any atom is -0.481 e. The van der Waals surface area contributed by atoms with Gasteiger partial charge in [-0.2, -0.15) is 0 Å². The third-order valence-corrected chi connectivity index (χ3v) is 4.62. The van der Waals surface area contributed by atoms with Crippen molar-refractivity contribution in [3.05, 3.63) is 20.8 Å². The van der Waals surface area contributed by atoms with Gasteiger partial charge in [-0.1, -0.05) is 25.4 Å². The van der Waals surface area contributed by atoms with Gasteiger partial charge in [0.15, 0.2) is 0 Å². The van der Waals surface area contributed by atoms with Gasteiger partial charge in [0.2, 0.25) is 0 Å². The molecule has 0 aromatic carbocycles. The lowest BCUT2D eigenvalue weighted by Gasteiger charge is -2.17. The van der Waals surface area contributed by atoms with Crippen molar-refractivity contribution in [1.29, 1.82) is 0 Å². The van der Waals surface area contributed by atoms with Crippen molar-refractivity contribution in [3.8, 4) is 0 Å². The van der Waals surface area contributed by atoms with Crippen LogP contribution >= 0.6 is 22.9 Å². The van der Waals surface area contributed by atoms with Gasteiger partial charge in [-0.05, 0) is 36.1 Å². The molecule has 1 aromatic rings. The summed E-state index contributed by atoms with van der Waals surface area (Å²) in [6.45, 7) is 6.28. The number of aryl methyl sites for hydroxylation is 1. The predicted molar refractivity (Wildman–Crippen MR) is 81.6 cm³/mol. The second-order valence-corrected chi connectivity index (χ2v) is 6.62.